The van der Waals surface area contributed by atoms with Crippen LogP contribution < -0.4 is 5.32 Å². The van der Waals surface area contributed by atoms with E-state index in [4.69, 9.17) is 0 Å². The van der Waals surface area contributed by atoms with Gasteiger partial charge in [-0.2, -0.15) is 0 Å². The highest BCUT2D eigenvalue weighted by Crippen LogP contribution is 2.25. The highest BCUT2D eigenvalue weighted by atomic mass is 16.2. The van der Waals surface area contributed by atoms with Crippen molar-refractivity contribution < 1.29 is 4.79 Å². The lowest BCUT2D eigenvalue weighted by molar-refractivity contribution is -0.131. The number of aromatic nitrogens is 2. The number of hydrogen-bond donors (Lipinski definition) is 1. The Morgan fingerprint density at radius 2 is 2.44 bits per heavy atom. The van der Waals surface area contributed by atoms with Crippen molar-refractivity contribution in [2.24, 2.45) is 0 Å². The van der Waals surface area contributed by atoms with Crippen LogP contribution in [0.2, 0.25) is 0 Å². The van der Waals surface area contributed by atoms with E-state index in [2.05, 4.69) is 10.3 Å². The van der Waals surface area contributed by atoms with Crippen molar-refractivity contribution in [3.63, 3.8) is 0 Å². The van der Waals surface area contributed by atoms with E-state index >= 15 is 0 Å². The minimum atomic E-state index is 0.165. The predicted molar refractivity (Wildman–Crippen MR) is 60.8 cm³/mol. The summed E-state index contributed by atoms with van der Waals surface area (Å²) in [6, 6.07) is 0.476. The number of hydrogen-bond acceptors (Lipinski definition) is 3. The monoisotopic (exact) mass is 222 g/mol. The lowest BCUT2D eigenvalue weighted by Crippen LogP contribution is -2.32. The molecule has 0 unspecified atom stereocenters. The van der Waals surface area contributed by atoms with Crippen molar-refractivity contribution in [1.29, 1.82) is 0 Å². The van der Waals surface area contributed by atoms with Crippen LogP contribution in [0, 0.1) is 0 Å². The largest absolute Gasteiger partial charge is 0.341 e. The molecule has 1 amide bonds. The molecule has 0 spiro atoms. The Morgan fingerprint density at radius 1 is 1.69 bits per heavy atom. The molecule has 1 fully saturated rings. The van der Waals surface area contributed by atoms with Crippen molar-refractivity contribution in [1.82, 2.24) is 19.8 Å². The number of carbonyl (C=O) groups excluding carboxylic acids is 1. The standard InChI is InChI=1S/C11H18N4O/c1-12-7-10-13-5-6-15(10)8-11(16)14(2)9-3-4-9/h5-6,9,12H,3-4,7-8H2,1-2H3. The van der Waals surface area contributed by atoms with Gasteiger partial charge in [0.15, 0.2) is 0 Å². The van der Waals surface area contributed by atoms with E-state index in [0.717, 1.165) is 18.7 Å². The molecule has 0 bridgehead atoms. The highest BCUT2D eigenvalue weighted by molar-refractivity contribution is 5.76. The topological polar surface area (TPSA) is 50.2 Å². The van der Waals surface area contributed by atoms with E-state index in [-0.39, 0.29) is 5.91 Å². The van der Waals surface area contributed by atoms with Crippen molar-refractivity contribution >= 4 is 5.91 Å². The molecule has 1 aromatic rings. The van der Waals surface area contributed by atoms with Gasteiger partial charge >= 0.3 is 0 Å². The first-order chi connectivity index (χ1) is 7.72. The Hall–Kier alpha value is -1.36. The minimum Gasteiger partial charge on any atom is -0.341 e. The van der Waals surface area contributed by atoms with Crippen LogP contribution in [0.4, 0.5) is 0 Å². The molecular formula is C11H18N4O. The van der Waals surface area contributed by atoms with Crippen LogP contribution in [0.5, 0.6) is 0 Å². The third kappa shape index (κ3) is 2.41. The molecule has 1 aliphatic rings. The lowest BCUT2D eigenvalue weighted by atomic mass is 10.4. The summed E-state index contributed by atoms with van der Waals surface area (Å²) in [6.07, 6.45) is 5.88. The van der Waals surface area contributed by atoms with E-state index in [1.165, 1.54) is 0 Å². The molecule has 16 heavy (non-hydrogen) atoms. The molecule has 0 aliphatic heterocycles. The molecule has 1 aliphatic carbocycles. The summed E-state index contributed by atoms with van der Waals surface area (Å²) in [5, 5.41) is 3.04. The number of imidazole rings is 1. The average Bonchev–Trinajstić information content (AvgIpc) is 3.03. The van der Waals surface area contributed by atoms with E-state index in [1.807, 2.05) is 29.8 Å². The normalized spacial score (nSPS) is 15.1. The average molecular weight is 222 g/mol. The summed E-state index contributed by atoms with van der Waals surface area (Å²) in [5.74, 6) is 1.07. The Bertz CT molecular complexity index is 370. The van der Waals surface area contributed by atoms with Gasteiger partial charge in [0, 0.05) is 25.5 Å². The molecule has 88 valence electrons. The number of nitrogens with one attached hydrogen (secondary N) is 1. The molecular weight excluding hydrogens is 204 g/mol. The van der Waals surface area contributed by atoms with Gasteiger partial charge in [-0.1, -0.05) is 0 Å². The van der Waals surface area contributed by atoms with Crippen molar-refractivity contribution in [3.8, 4) is 0 Å². The molecule has 1 saturated carbocycles. The van der Waals surface area contributed by atoms with E-state index < -0.39 is 0 Å². The van der Waals surface area contributed by atoms with Gasteiger partial charge in [-0.05, 0) is 19.9 Å². The third-order valence-corrected chi connectivity index (χ3v) is 2.93. The number of rotatable bonds is 5. The van der Waals surface area contributed by atoms with Crippen LogP contribution in [0.25, 0.3) is 0 Å². The maximum Gasteiger partial charge on any atom is 0.242 e. The third-order valence-electron chi connectivity index (χ3n) is 2.93. The van der Waals surface area contributed by atoms with E-state index in [0.29, 0.717) is 19.1 Å². The van der Waals surface area contributed by atoms with Gasteiger partial charge in [0.25, 0.3) is 0 Å². The van der Waals surface area contributed by atoms with Gasteiger partial charge in [0.05, 0.1) is 6.54 Å². The molecule has 1 N–H and O–H groups in total. The van der Waals surface area contributed by atoms with Crippen molar-refractivity contribution in [3.05, 3.63) is 18.2 Å². The summed E-state index contributed by atoms with van der Waals surface area (Å²) in [4.78, 5) is 18.0. The van der Waals surface area contributed by atoms with E-state index in [9.17, 15) is 4.79 Å². The smallest absolute Gasteiger partial charge is 0.242 e. The second-order valence-electron chi connectivity index (χ2n) is 4.24. The Kier molecular flexibility index (Phi) is 3.24. The maximum atomic E-state index is 11.9. The molecule has 0 aromatic carbocycles. The lowest BCUT2D eigenvalue weighted by Gasteiger charge is -2.17. The van der Waals surface area contributed by atoms with Crippen molar-refractivity contribution in [2.75, 3.05) is 14.1 Å². The Morgan fingerprint density at radius 3 is 3.06 bits per heavy atom. The van der Waals surface area contributed by atoms with Gasteiger partial charge in [-0.25, -0.2) is 4.98 Å². The van der Waals surface area contributed by atoms with E-state index in [1.54, 1.807) is 6.20 Å². The molecule has 0 saturated heterocycles. The first kappa shape index (κ1) is 11.1. The predicted octanol–water partition coefficient (Wildman–Crippen LogP) is 0.223. The highest BCUT2D eigenvalue weighted by Gasteiger charge is 2.29. The minimum absolute atomic E-state index is 0.165. The first-order valence-corrected chi connectivity index (χ1v) is 5.62. The van der Waals surface area contributed by atoms with Crippen LogP contribution in [-0.4, -0.2) is 40.5 Å². The number of amides is 1. The molecule has 0 radical (unpaired) electrons. The summed E-state index contributed by atoms with van der Waals surface area (Å²) >= 11 is 0. The van der Waals surface area contributed by atoms with Gasteiger partial charge in [-0.15, -0.1) is 0 Å². The molecule has 2 rings (SSSR count). The zero-order chi connectivity index (χ0) is 11.5. The molecule has 1 aromatic heterocycles. The van der Waals surface area contributed by atoms with Crippen LogP contribution in [0.3, 0.4) is 0 Å². The second kappa shape index (κ2) is 4.65. The fourth-order valence-corrected chi connectivity index (χ4v) is 1.73. The van der Waals surface area contributed by atoms with Gasteiger partial charge < -0.3 is 14.8 Å². The van der Waals surface area contributed by atoms with Gasteiger partial charge in [0.1, 0.15) is 12.4 Å². The molecule has 5 nitrogen and oxygen atoms in total. The Labute approximate surface area is 95.5 Å². The number of nitrogens with zero attached hydrogens (tertiary/aromatic N) is 3. The zero-order valence-electron chi connectivity index (χ0n) is 9.81. The number of carbonyl (C=O) groups is 1. The maximum absolute atomic E-state index is 11.9. The first-order valence-electron chi connectivity index (χ1n) is 5.62. The van der Waals surface area contributed by atoms with Crippen molar-refractivity contribution in [2.45, 2.75) is 32.0 Å². The fourth-order valence-electron chi connectivity index (χ4n) is 1.73. The fraction of sp³-hybridized carbons (Fsp3) is 0.636. The van der Waals surface area contributed by atoms with Crippen LogP contribution in [-0.2, 0) is 17.9 Å². The quantitative estimate of drug-likeness (QED) is 0.775. The molecule has 1 heterocycles. The second-order valence-corrected chi connectivity index (χ2v) is 4.24. The molecule has 5 heteroatoms. The summed E-state index contributed by atoms with van der Waals surface area (Å²) < 4.78 is 1.90. The summed E-state index contributed by atoms with van der Waals surface area (Å²) in [6.45, 7) is 1.08. The van der Waals surface area contributed by atoms with Crippen LogP contribution in [0.1, 0.15) is 18.7 Å². The SMILES string of the molecule is CNCc1nccn1CC(=O)N(C)C1CC1. The van der Waals surface area contributed by atoms with Gasteiger partial charge in [-0.3, -0.25) is 4.79 Å². The molecule has 0 atom stereocenters. The zero-order valence-corrected chi connectivity index (χ0v) is 9.81. The number of likely N-dealkylation sites (N-methyl/N-ethyl adjacent to an activating group) is 1. The summed E-state index contributed by atoms with van der Waals surface area (Å²) in [7, 11) is 3.76. The summed E-state index contributed by atoms with van der Waals surface area (Å²) in [5.41, 5.74) is 0. The van der Waals surface area contributed by atoms with Crippen LogP contribution in [0.15, 0.2) is 12.4 Å². The van der Waals surface area contributed by atoms with Gasteiger partial charge in [0.2, 0.25) is 5.91 Å². The Balaban J connectivity index is 1.96. The van der Waals surface area contributed by atoms with Crippen LogP contribution >= 0.6 is 0 Å².